The summed E-state index contributed by atoms with van der Waals surface area (Å²) in [4.78, 5) is 14.0. The average Bonchev–Trinajstić information content (AvgIpc) is 3.34. The number of nitrogens with zero attached hydrogens (tertiary/aromatic N) is 3. The van der Waals surface area contributed by atoms with Gasteiger partial charge in [-0.2, -0.15) is 0 Å². The lowest BCUT2D eigenvalue weighted by Gasteiger charge is -2.29. The summed E-state index contributed by atoms with van der Waals surface area (Å²) in [7, 11) is 0. The van der Waals surface area contributed by atoms with E-state index >= 15 is 0 Å². The summed E-state index contributed by atoms with van der Waals surface area (Å²) in [5, 5.41) is 1.17. The Morgan fingerprint density at radius 2 is 2.15 bits per heavy atom. The SMILES string of the molecule is CCc1cc2c(N3CCCC3c3cccc4c3OCCO4)ncnc2s1. The zero-order chi connectivity index (χ0) is 17.5. The Kier molecular flexibility index (Phi) is 3.93. The quantitative estimate of drug-likeness (QED) is 0.688. The van der Waals surface area contributed by atoms with Gasteiger partial charge in [0.15, 0.2) is 11.5 Å². The molecule has 1 aromatic carbocycles. The van der Waals surface area contributed by atoms with Gasteiger partial charge < -0.3 is 14.4 Å². The molecule has 0 aliphatic carbocycles. The predicted octanol–water partition coefficient (Wildman–Crippen LogP) is 4.37. The van der Waals surface area contributed by atoms with Crippen molar-refractivity contribution in [3.8, 4) is 11.5 Å². The molecule has 1 saturated heterocycles. The first-order chi connectivity index (χ1) is 12.8. The average molecular weight is 367 g/mol. The van der Waals surface area contributed by atoms with Crippen molar-refractivity contribution in [3.63, 3.8) is 0 Å². The van der Waals surface area contributed by atoms with Crippen LogP contribution in [0.15, 0.2) is 30.6 Å². The summed E-state index contributed by atoms with van der Waals surface area (Å²) >= 11 is 1.77. The van der Waals surface area contributed by atoms with Crippen molar-refractivity contribution in [2.45, 2.75) is 32.2 Å². The second kappa shape index (κ2) is 6.43. The number of thiophene rings is 1. The van der Waals surface area contributed by atoms with E-state index in [1.807, 2.05) is 6.07 Å². The summed E-state index contributed by atoms with van der Waals surface area (Å²) in [6.07, 6.45) is 4.96. The van der Waals surface area contributed by atoms with Crippen LogP contribution in [-0.4, -0.2) is 29.7 Å². The van der Waals surface area contributed by atoms with E-state index in [2.05, 4.69) is 40.0 Å². The molecule has 1 fully saturated rings. The molecule has 6 heteroatoms. The minimum atomic E-state index is 0.259. The minimum absolute atomic E-state index is 0.259. The highest BCUT2D eigenvalue weighted by molar-refractivity contribution is 7.18. The van der Waals surface area contributed by atoms with Crippen molar-refractivity contribution in [2.75, 3.05) is 24.7 Å². The molecule has 5 rings (SSSR count). The molecule has 0 amide bonds. The lowest BCUT2D eigenvalue weighted by molar-refractivity contribution is 0.169. The van der Waals surface area contributed by atoms with E-state index in [1.165, 1.54) is 15.8 Å². The van der Waals surface area contributed by atoms with E-state index < -0.39 is 0 Å². The normalized spacial score (nSPS) is 19.3. The molecule has 2 aromatic heterocycles. The number of ether oxygens (including phenoxy) is 2. The van der Waals surface area contributed by atoms with Gasteiger partial charge in [0.25, 0.3) is 0 Å². The van der Waals surface area contributed by atoms with Crippen molar-refractivity contribution >= 4 is 27.4 Å². The topological polar surface area (TPSA) is 47.5 Å². The van der Waals surface area contributed by atoms with Crippen LogP contribution in [0.4, 0.5) is 5.82 Å². The van der Waals surface area contributed by atoms with Crippen molar-refractivity contribution < 1.29 is 9.47 Å². The van der Waals surface area contributed by atoms with Gasteiger partial charge in [-0.05, 0) is 31.4 Å². The third kappa shape index (κ3) is 2.51. The highest BCUT2D eigenvalue weighted by Gasteiger charge is 2.32. The van der Waals surface area contributed by atoms with Crippen LogP contribution in [0.25, 0.3) is 10.2 Å². The summed E-state index contributed by atoms with van der Waals surface area (Å²) in [6, 6.07) is 8.74. The molecule has 0 N–H and O–H groups in total. The smallest absolute Gasteiger partial charge is 0.166 e. The maximum atomic E-state index is 5.98. The van der Waals surface area contributed by atoms with Gasteiger partial charge in [-0.25, -0.2) is 9.97 Å². The van der Waals surface area contributed by atoms with Gasteiger partial charge in [0.1, 0.15) is 30.2 Å². The van der Waals surface area contributed by atoms with Crippen molar-refractivity contribution in [3.05, 3.63) is 41.0 Å². The van der Waals surface area contributed by atoms with Crippen LogP contribution in [0.3, 0.4) is 0 Å². The second-order valence-corrected chi connectivity index (χ2v) is 7.82. The fraction of sp³-hybridized carbons (Fsp3) is 0.400. The van der Waals surface area contributed by atoms with Crippen LogP contribution < -0.4 is 14.4 Å². The van der Waals surface area contributed by atoms with Crippen LogP contribution in [0.5, 0.6) is 11.5 Å². The monoisotopic (exact) mass is 367 g/mol. The summed E-state index contributed by atoms with van der Waals surface area (Å²) in [5.74, 6) is 2.81. The molecular formula is C20H21N3O2S. The van der Waals surface area contributed by atoms with Crippen molar-refractivity contribution in [2.24, 2.45) is 0 Å². The number of aromatic nitrogens is 2. The Morgan fingerprint density at radius 1 is 1.23 bits per heavy atom. The molecule has 0 saturated carbocycles. The number of anilines is 1. The molecule has 0 bridgehead atoms. The van der Waals surface area contributed by atoms with Crippen molar-refractivity contribution in [1.29, 1.82) is 0 Å². The molecule has 1 unspecified atom stereocenters. The first kappa shape index (κ1) is 15.9. The predicted molar refractivity (Wildman–Crippen MR) is 104 cm³/mol. The minimum Gasteiger partial charge on any atom is -0.486 e. The first-order valence-electron chi connectivity index (χ1n) is 9.23. The van der Waals surface area contributed by atoms with E-state index in [9.17, 15) is 0 Å². The number of fused-ring (bicyclic) bond motifs is 2. The van der Waals surface area contributed by atoms with Crippen LogP contribution >= 0.6 is 11.3 Å². The Balaban J connectivity index is 1.59. The van der Waals surface area contributed by atoms with Gasteiger partial charge in [0.05, 0.1) is 11.4 Å². The van der Waals surface area contributed by atoms with Gasteiger partial charge >= 0.3 is 0 Å². The number of rotatable bonds is 3. The summed E-state index contributed by atoms with van der Waals surface area (Å²) < 4.78 is 11.8. The van der Waals surface area contributed by atoms with Gasteiger partial charge in [-0.1, -0.05) is 19.1 Å². The number of para-hydroxylation sites is 1. The Hall–Kier alpha value is -2.34. The van der Waals surface area contributed by atoms with E-state index in [0.29, 0.717) is 13.2 Å². The lowest BCUT2D eigenvalue weighted by atomic mass is 10.0. The van der Waals surface area contributed by atoms with Gasteiger partial charge in [0, 0.05) is 17.0 Å². The summed E-state index contributed by atoms with van der Waals surface area (Å²) in [5.41, 5.74) is 1.21. The molecule has 1 atom stereocenters. The van der Waals surface area contributed by atoms with Crippen LogP contribution in [0, 0.1) is 0 Å². The lowest BCUT2D eigenvalue weighted by Crippen LogP contribution is -2.25. The van der Waals surface area contributed by atoms with Crippen LogP contribution in [-0.2, 0) is 6.42 Å². The largest absolute Gasteiger partial charge is 0.486 e. The molecule has 134 valence electrons. The molecule has 0 spiro atoms. The number of hydrogen-bond acceptors (Lipinski definition) is 6. The van der Waals surface area contributed by atoms with Crippen LogP contribution in [0.2, 0.25) is 0 Å². The number of benzene rings is 1. The van der Waals surface area contributed by atoms with Crippen molar-refractivity contribution in [1.82, 2.24) is 9.97 Å². The summed E-state index contributed by atoms with van der Waals surface area (Å²) in [6.45, 7) is 4.41. The molecular weight excluding hydrogens is 346 g/mol. The number of hydrogen-bond donors (Lipinski definition) is 0. The molecule has 4 heterocycles. The molecule has 26 heavy (non-hydrogen) atoms. The zero-order valence-corrected chi connectivity index (χ0v) is 15.6. The molecule has 2 aliphatic rings. The maximum Gasteiger partial charge on any atom is 0.166 e. The van der Waals surface area contributed by atoms with E-state index in [0.717, 1.165) is 48.0 Å². The highest BCUT2D eigenvalue weighted by Crippen LogP contribution is 2.45. The van der Waals surface area contributed by atoms with Crippen LogP contribution in [0.1, 0.15) is 36.2 Å². The fourth-order valence-corrected chi connectivity index (χ4v) is 4.93. The molecule has 0 radical (unpaired) electrons. The highest BCUT2D eigenvalue weighted by atomic mass is 32.1. The Labute approximate surface area is 156 Å². The molecule has 3 aromatic rings. The van der Waals surface area contributed by atoms with E-state index in [1.54, 1.807) is 17.7 Å². The molecule has 2 aliphatic heterocycles. The third-order valence-corrected chi connectivity index (χ3v) is 6.38. The van der Waals surface area contributed by atoms with E-state index in [-0.39, 0.29) is 6.04 Å². The first-order valence-corrected chi connectivity index (χ1v) is 10.1. The Bertz CT molecular complexity index is 955. The maximum absolute atomic E-state index is 5.98. The Morgan fingerprint density at radius 3 is 3.08 bits per heavy atom. The van der Waals surface area contributed by atoms with Gasteiger partial charge in [0.2, 0.25) is 0 Å². The third-order valence-electron chi connectivity index (χ3n) is 5.19. The van der Waals surface area contributed by atoms with E-state index in [4.69, 9.17) is 9.47 Å². The fourth-order valence-electron chi connectivity index (χ4n) is 4.00. The second-order valence-electron chi connectivity index (χ2n) is 6.71. The standard InChI is InChI=1S/C20H21N3O2S/c1-2-13-11-15-19(21-12-22-20(15)26-13)23-8-4-6-16(23)14-5-3-7-17-18(14)25-10-9-24-17/h3,5,7,11-12,16H,2,4,6,8-10H2,1H3. The van der Waals surface area contributed by atoms with Gasteiger partial charge in [-0.3, -0.25) is 0 Å². The molecule has 5 nitrogen and oxygen atoms in total. The number of aryl methyl sites for hydroxylation is 1. The van der Waals surface area contributed by atoms with Gasteiger partial charge in [-0.15, -0.1) is 11.3 Å². The zero-order valence-electron chi connectivity index (χ0n) is 14.8.